The number of benzene rings is 3. The minimum atomic E-state index is -0.935. The lowest BCUT2D eigenvalue weighted by atomic mass is 9.87. The van der Waals surface area contributed by atoms with E-state index in [1.54, 1.807) is 18.2 Å². The molecule has 1 heterocycles. The van der Waals surface area contributed by atoms with Gasteiger partial charge in [-0.25, -0.2) is 4.79 Å². The minimum absolute atomic E-state index is 0.142. The maximum atomic E-state index is 11.5. The number of rotatable bonds is 3. The first-order chi connectivity index (χ1) is 16.8. The third kappa shape index (κ3) is 6.93. The number of fused-ring (bicyclic) bond motifs is 3. The molecule has 184 valence electrons. The molecule has 0 spiro atoms. The fraction of sp³-hybridized carbons (Fsp3) is 0.367. The predicted molar refractivity (Wildman–Crippen MR) is 138 cm³/mol. The number of carbonyl (C=O) groups is 1. The normalized spacial score (nSPS) is 15.5. The molecule has 0 amide bonds. The van der Waals surface area contributed by atoms with Crippen molar-refractivity contribution >= 4 is 5.97 Å². The Labute approximate surface area is 208 Å². The van der Waals surface area contributed by atoms with Gasteiger partial charge in [0.05, 0.1) is 18.8 Å². The molecule has 5 nitrogen and oxygen atoms in total. The average molecular weight is 474 g/mol. The number of aromatic carboxylic acids is 1. The Kier molecular flexibility index (Phi) is 7.89. The van der Waals surface area contributed by atoms with E-state index in [9.17, 15) is 9.90 Å². The van der Waals surface area contributed by atoms with E-state index >= 15 is 0 Å². The van der Waals surface area contributed by atoms with E-state index in [2.05, 4.69) is 74.2 Å². The van der Waals surface area contributed by atoms with Gasteiger partial charge in [0, 0.05) is 26.1 Å². The van der Waals surface area contributed by atoms with Gasteiger partial charge in [0.1, 0.15) is 12.4 Å². The number of ether oxygens (including phenoxy) is 2. The Hall–Kier alpha value is -3.15. The second kappa shape index (κ2) is 11.1. The lowest BCUT2D eigenvalue weighted by Crippen LogP contribution is -2.27. The highest BCUT2D eigenvalue weighted by atomic mass is 16.5. The van der Waals surface area contributed by atoms with Crippen molar-refractivity contribution in [3.8, 4) is 5.75 Å². The Morgan fingerprint density at radius 1 is 0.943 bits per heavy atom. The van der Waals surface area contributed by atoms with E-state index in [4.69, 9.17) is 9.47 Å². The fourth-order valence-corrected chi connectivity index (χ4v) is 4.40. The molecule has 2 bridgehead atoms. The van der Waals surface area contributed by atoms with Crippen LogP contribution in [0.25, 0.3) is 0 Å². The van der Waals surface area contributed by atoms with Crippen LogP contribution in [0.3, 0.4) is 0 Å². The van der Waals surface area contributed by atoms with E-state index < -0.39 is 5.97 Å². The largest absolute Gasteiger partial charge is 0.491 e. The van der Waals surface area contributed by atoms with Gasteiger partial charge in [-0.1, -0.05) is 69.3 Å². The monoisotopic (exact) mass is 473 g/mol. The lowest BCUT2D eigenvalue weighted by molar-refractivity contribution is 0.0695. The lowest BCUT2D eigenvalue weighted by Gasteiger charge is -2.24. The summed E-state index contributed by atoms with van der Waals surface area (Å²) < 4.78 is 11.9. The van der Waals surface area contributed by atoms with Crippen LogP contribution in [0.1, 0.15) is 58.9 Å². The molecule has 3 aromatic carbocycles. The molecule has 1 aliphatic heterocycles. The third-order valence-corrected chi connectivity index (χ3v) is 6.36. The predicted octanol–water partition coefficient (Wildman–Crippen LogP) is 5.68. The summed E-state index contributed by atoms with van der Waals surface area (Å²) in [6.07, 6.45) is 0.611. The topological polar surface area (TPSA) is 59.0 Å². The summed E-state index contributed by atoms with van der Waals surface area (Å²) in [7, 11) is 0. The van der Waals surface area contributed by atoms with Gasteiger partial charge in [-0.3, -0.25) is 4.90 Å². The van der Waals surface area contributed by atoms with Crippen LogP contribution in [-0.2, 0) is 29.7 Å². The zero-order chi connectivity index (χ0) is 24.8. The Morgan fingerprint density at radius 3 is 2.46 bits per heavy atom. The van der Waals surface area contributed by atoms with E-state index in [-0.39, 0.29) is 11.0 Å². The highest BCUT2D eigenvalue weighted by Crippen LogP contribution is 2.25. The van der Waals surface area contributed by atoms with Gasteiger partial charge >= 0.3 is 5.97 Å². The SMILES string of the molecule is CC(C)(C)c1ccc(CN2CCOCCOc3ccc(C(=O)O)cc3Cc3cccc(c3)C2)cc1. The molecular formula is C30H35NO4. The number of carboxylic acids is 1. The summed E-state index contributed by atoms with van der Waals surface area (Å²) in [5, 5.41) is 9.44. The molecule has 35 heavy (non-hydrogen) atoms. The number of nitrogens with zero attached hydrogens (tertiary/aromatic N) is 1. The van der Waals surface area contributed by atoms with Gasteiger partial charge in [-0.15, -0.1) is 0 Å². The number of carboxylic acid groups (broad SMARTS) is 1. The van der Waals surface area contributed by atoms with Crippen LogP contribution in [-0.4, -0.2) is 42.3 Å². The first kappa shape index (κ1) is 25.0. The van der Waals surface area contributed by atoms with Crippen LogP contribution < -0.4 is 4.74 Å². The molecule has 0 aliphatic carbocycles. The summed E-state index contributed by atoms with van der Waals surface area (Å²) >= 11 is 0. The van der Waals surface area contributed by atoms with Crippen LogP contribution in [0.2, 0.25) is 0 Å². The van der Waals surface area contributed by atoms with Gasteiger partial charge in [0.25, 0.3) is 0 Å². The van der Waals surface area contributed by atoms with Gasteiger partial charge in [0.15, 0.2) is 0 Å². The molecule has 0 aromatic heterocycles. The van der Waals surface area contributed by atoms with Gasteiger partial charge in [0.2, 0.25) is 0 Å². The molecule has 0 unspecified atom stereocenters. The molecule has 0 atom stereocenters. The van der Waals surface area contributed by atoms with Crippen molar-refractivity contribution in [2.75, 3.05) is 26.4 Å². The van der Waals surface area contributed by atoms with Gasteiger partial charge in [-0.05, 0) is 51.4 Å². The van der Waals surface area contributed by atoms with Crippen molar-refractivity contribution in [2.45, 2.75) is 45.7 Å². The zero-order valence-electron chi connectivity index (χ0n) is 20.9. The third-order valence-electron chi connectivity index (χ3n) is 6.36. The van der Waals surface area contributed by atoms with Crippen LogP contribution in [0.4, 0.5) is 0 Å². The molecule has 5 heteroatoms. The Balaban J connectivity index is 1.56. The molecule has 1 aliphatic rings. The highest BCUT2D eigenvalue weighted by molar-refractivity contribution is 5.88. The molecular weight excluding hydrogens is 438 g/mol. The van der Waals surface area contributed by atoms with Gasteiger partial charge < -0.3 is 14.6 Å². The van der Waals surface area contributed by atoms with Crippen LogP contribution in [0, 0.1) is 0 Å². The highest BCUT2D eigenvalue weighted by Gasteiger charge is 2.15. The molecule has 0 fully saturated rings. The Morgan fingerprint density at radius 2 is 1.71 bits per heavy atom. The van der Waals surface area contributed by atoms with Crippen molar-refractivity contribution < 1.29 is 19.4 Å². The van der Waals surface area contributed by atoms with E-state index in [0.29, 0.717) is 32.0 Å². The maximum absolute atomic E-state index is 11.5. The average Bonchev–Trinajstić information content (AvgIpc) is 2.81. The molecule has 1 N–H and O–H groups in total. The van der Waals surface area contributed by atoms with Gasteiger partial charge in [-0.2, -0.15) is 0 Å². The smallest absolute Gasteiger partial charge is 0.335 e. The second-order valence-electron chi connectivity index (χ2n) is 10.2. The number of hydrogen-bond acceptors (Lipinski definition) is 4. The van der Waals surface area contributed by atoms with Crippen molar-refractivity contribution in [1.29, 1.82) is 0 Å². The van der Waals surface area contributed by atoms with Crippen molar-refractivity contribution in [3.63, 3.8) is 0 Å². The fourth-order valence-electron chi connectivity index (χ4n) is 4.40. The van der Waals surface area contributed by atoms with Crippen LogP contribution in [0.5, 0.6) is 5.75 Å². The molecule has 0 saturated heterocycles. The zero-order valence-corrected chi connectivity index (χ0v) is 20.9. The second-order valence-corrected chi connectivity index (χ2v) is 10.2. The maximum Gasteiger partial charge on any atom is 0.335 e. The summed E-state index contributed by atoms with van der Waals surface area (Å²) in [6.45, 7) is 10.7. The first-order valence-electron chi connectivity index (χ1n) is 12.2. The summed E-state index contributed by atoms with van der Waals surface area (Å²) in [5.41, 5.74) is 6.27. The van der Waals surface area contributed by atoms with Crippen LogP contribution >= 0.6 is 0 Å². The standard InChI is InChI=1S/C30H35NO4/c1-30(2,3)27-10-7-22(8-11-27)20-31-13-14-34-15-16-35-28-12-9-25(29(32)33)19-26(28)18-23-5-4-6-24(17-23)21-31/h4-12,17,19H,13-16,18,20-21H2,1-3H3,(H,32,33). The Bertz CT molecular complexity index is 1150. The molecule has 0 radical (unpaired) electrons. The summed E-state index contributed by atoms with van der Waals surface area (Å²) in [5.74, 6) is -0.225. The molecule has 0 saturated carbocycles. The van der Waals surface area contributed by atoms with E-state index in [0.717, 1.165) is 30.8 Å². The van der Waals surface area contributed by atoms with E-state index in [1.165, 1.54) is 16.7 Å². The summed E-state index contributed by atoms with van der Waals surface area (Å²) in [6, 6.07) is 22.5. The minimum Gasteiger partial charge on any atom is -0.491 e. The van der Waals surface area contributed by atoms with Crippen molar-refractivity contribution in [3.05, 3.63) is 100 Å². The van der Waals surface area contributed by atoms with Crippen molar-refractivity contribution in [1.82, 2.24) is 4.90 Å². The molecule has 4 rings (SSSR count). The van der Waals surface area contributed by atoms with Crippen molar-refractivity contribution in [2.24, 2.45) is 0 Å². The number of hydrogen-bond donors (Lipinski definition) is 1. The molecule has 3 aromatic rings. The summed E-state index contributed by atoms with van der Waals surface area (Å²) in [4.78, 5) is 13.9. The van der Waals surface area contributed by atoms with E-state index in [1.807, 2.05) is 0 Å². The quantitative estimate of drug-likeness (QED) is 0.530. The first-order valence-corrected chi connectivity index (χ1v) is 12.2. The van der Waals surface area contributed by atoms with Crippen LogP contribution in [0.15, 0.2) is 66.7 Å².